The lowest BCUT2D eigenvalue weighted by molar-refractivity contribution is -0.0178. The van der Waals surface area contributed by atoms with E-state index in [1.54, 1.807) is 0 Å². The second-order valence-corrected chi connectivity index (χ2v) is 5.48. The van der Waals surface area contributed by atoms with Gasteiger partial charge in [-0.15, -0.1) is 0 Å². The molecule has 0 aromatic heterocycles. The van der Waals surface area contributed by atoms with Gasteiger partial charge in [-0.2, -0.15) is 0 Å². The average molecular weight is 273 g/mol. The van der Waals surface area contributed by atoms with Crippen LogP contribution in [0.15, 0.2) is 0 Å². The van der Waals surface area contributed by atoms with E-state index in [2.05, 4.69) is 11.8 Å². The van der Waals surface area contributed by atoms with Gasteiger partial charge in [0, 0.05) is 32.3 Å². The second-order valence-electron chi connectivity index (χ2n) is 5.48. The Kier molecular flexibility index (Phi) is 8.62. The van der Waals surface area contributed by atoms with Crippen molar-refractivity contribution in [2.24, 2.45) is 5.92 Å². The summed E-state index contributed by atoms with van der Waals surface area (Å²) in [4.78, 5) is 2.35. The number of hydrogen-bond acceptors (Lipinski definition) is 4. The Morgan fingerprint density at radius 1 is 1.05 bits per heavy atom. The first-order valence-electron chi connectivity index (χ1n) is 7.76. The molecule has 0 bridgehead atoms. The molecule has 4 heteroatoms. The molecule has 1 rings (SSSR count). The molecule has 0 spiro atoms. The number of aliphatic hydroxyl groups excluding tert-OH is 1. The lowest BCUT2D eigenvalue weighted by atomic mass is 9.84. The van der Waals surface area contributed by atoms with Crippen LogP contribution in [-0.2, 0) is 9.47 Å². The summed E-state index contributed by atoms with van der Waals surface area (Å²) in [5, 5.41) is 10.2. The van der Waals surface area contributed by atoms with E-state index < -0.39 is 0 Å². The summed E-state index contributed by atoms with van der Waals surface area (Å²) in [5.41, 5.74) is 0. The largest absolute Gasteiger partial charge is 0.391 e. The van der Waals surface area contributed by atoms with Gasteiger partial charge in [-0.05, 0) is 39.0 Å². The van der Waals surface area contributed by atoms with Gasteiger partial charge in [0.1, 0.15) is 0 Å². The first kappa shape index (κ1) is 16.9. The average Bonchev–Trinajstić information content (AvgIpc) is 2.40. The highest BCUT2D eigenvalue weighted by molar-refractivity contribution is 4.85. The summed E-state index contributed by atoms with van der Waals surface area (Å²) in [7, 11) is 0. The molecule has 1 aliphatic carbocycles. The predicted molar refractivity (Wildman–Crippen MR) is 77.4 cm³/mol. The molecule has 0 radical (unpaired) electrons. The van der Waals surface area contributed by atoms with Crippen molar-refractivity contribution in [1.82, 2.24) is 4.90 Å². The Bertz CT molecular complexity index is 215. The van der Waals surface area contributed by atoms with Gasteiger partial charge in [-0.25, -0.2) is 0 Å². The molecule has 0 heterocycles. The molecule has 0 amide bonds. The Hall–Kier alpha value is -0.160. The van der Waals surface area contributed by atoms with Crippen molar-refractivity contribution in [3.63, 3.8) is 0 Å². The molecular formula is C15H31NO3. The van der Waals surface area contributed by atoms with E-state index in [0.29, 0.717) is 5.92 Å². The molecule has 0 saturated heterocycles. The minimum atomic E-state index is -0.195. The van der Waals surface area contributed by atoms with E-state index in [-0.39, 0.29) is 12.1 Å². The summed E-state index contributed by atoms with van der Waals surface area (Å²) >= 11 is 0. The normalized spacial score (nSPS) is 27.9. The van der Waals surface area contributed by atoms with Gasteiger partial charge in [0.15, 0.2) is 0 Å². The second kappa shape index (κ2) is 9.70. The summed E-state index contributed by atoms with van der Waals surface area (Å²) in [5.74, 6) is 0.704. The van der Waals surface area contributed by atoms with Gasteiger partial charge in [0.05, 0.1) is 19.3 Å². The summed E-state index contributed by atoms with van der Waals surface area (Å²) in [6.07, 6.45) is 2.95. The number of rotatable bonds is 9. The monoisotopic (exact) mass is 273 g/mol. The van der Waals surface area contributed by atoms with Gasteiger partial charge < -0.3 is 14.6 Å². The maximum Gasteiger partial charge on any atom is 0.0695 e. The molecule has 4 nitrogen and oxygen atoms in total. The van der Waals surface area contributed by atoms with Gasteiger partial charge in [0.25, 0.3) is 0 Å². The van der Waals surface area contributed by atoms with E-state index in [1.807, 2.05) is 13.8 Å². The fourth-order valence-corrected chi connectivity index (χ4v) is 2.82. The number of aliphatic hydroxyl groups is 1. The van der Waals surface area contributed by atoms with Crippen molar-refractivity contribution >= 4 is 0 Å². The minimum absolute atomic E-state index is 0.195. The summed E-state index contributed by atoms with van der Waals surface area (Å²) in [6, 6.07) is 0.268. The first-order chi connectivity index (χ1) is 9.19. The zero-order valence-electron chi connectivity index (χ0n) is 12.8. The van der Waals surface area contributed by atoms with Crippen LogP contribution >= 0.6 is 0 Å². The molecule has 0 aromatic rings. The van der Waals surface area contributed by atoms with E-state index in [0.717, 1.165) is 58.8 Å². The van der Waals surface area contributed by atoms with Gasteiger partial charge in [0.2, 0.25) is 0 Å². The number of ether oxygens (including phenoxy) is 2. The van der Waals surface area contributed by atoms with E-state index in [9.17, 15) is 5.11 Å². The number of nitrogens with zero attached hydrogens (tertiary/aromatic N) is 1. The van der Waals surface area contributed by atoms with Crippen LogP contribution in [-0.4, -0.2) is 61.7 Å². The quantitative estimate of drug-likeness (QED) is 0.652. The highest BCUT2D eigenvalue weighted by atomic mass is 16.5. The van der Waals surface area contributed by atoms with E-state index in [4.69, 9.17) is 9.47 Å². The molecule has 1 fully saturated rings. The van der Waals surface area contributed by atoms with Crippen molar-refractivity contribution in [3.05, 3.63) is 0 Å². The molecule has 19 heavy (non-hydrogen) atoms. The molecule has 3 atom stereocenters. The van der Waals surface area contributed by atoms with Crippen LogP contribution in [0, 0.1) is 5.92 Å². The Morgan fingerprint density at radius 2 is 1.63 bits per heavy atom. The van der Waals surface area contributed by atoms with Crippen molar-refractivity contribution in [3.8, 4) is 0 Å². The molecule has 1 N–H and O–H groups in total. The third-order valence-electron chi connectivity index (χ3n) is 3.97. The highest BCUT2D eigenvalue weighted by Gasteiger charge is 2.31. The highest BCUT2D eigenvalue weighted by Crippen LogP contribution is 2.27. The van der Waals surface area contributed by atoms with Crippen molar-refractivity contribution < 1.29 is 14.6 Å². The number of hydrogen-bond donors (Lipinski definition) is 1. The van der Waals surface area contributed by atoms with Gasteiger partial charge in [-0.1, -0.05) is 6.92 Å². The zero-order chi connectivity index (χ0) is 14.1. The Balaban J connectivity index is 2.48. The summed E-state index contributed by atoms with van der Waals surface area (Å²) in [6.45, 7) is 11.1. The minimum Gasteiger partial charge on any atom is -0.391 e. The van der Waals surface area contributed by atoms with Crippen LogP contribution < -0.4 is 0 Å². The maximum atomic E-state index is 10.2. The van der Waals surface area contributed by atoms with Crippen LogP contribution in [0.3, 0.4) is 0 Å². The zero-order valence-corrected chi connectivity index (χ0v) is 12.8. The van der Waals surface area contributed by atoms with E-state index >= 15 is 0 Å². The van der Waals surface area contributed by atoms with Crippen LogP contribution in [0.1, 0.15) is 40.0 Å². The molecule has 114 valence electrons. The lowest BCUT2D eigenvalue weighted by Crippen LogP contribution is -2.49. The van der Waals surface area contributed by atoms with Crippen LogP contribution in [0.2, 0.25) is 0 Å². The van der Waals surface area contributed by atoms with Crippen LogP contribution in [0.4, 0.5) is 0 Å². The van der Waals surface area contributed by atoms with Gasteiger partial charge >= 0.3 is 0 Å². The van der Waals surface area contributed by atoms with Crippen molar-refractivity contribution in [1.29, 1.82) is 0 Å². The van der Waals surface area contributed by atoms with Gasteiger partial charge in [-0.3, -0.25) is 4.90 Å². The van der Waals surface area contributed by atoms with Crippen molar-refractivity contribution in [2.75, 3.05) is 39.5 Å². The molecule has 0 aromatic carbocycles. The molecule has 1 aliphatic rings. The topological polar surface area (TPSA) is 41.9 Å². The third kappa shape index (κ3) is 6.21. The smallest absolute Gasteiger partial charge is 0.0695 e. The Morgan fingerprint density at radius 3 is 2.16 bits per heavy atom. The summed E-state index contributed by atoms with van der Waals surface area (Å²) < 4.78 is 10.9. The Labute approximate surface area is 118 Å². The predicted octanol–water partition coefficient (Wildman–Crippen LogP) is 1.91. The fraction of sp³-hybridized carbons (Fsp3) is 1.00. The lowest BCUT2D eigenvalue weighted by Gasteiger charge is -2.39. The maximum absolute atomic E-state index is 10.2. The van der Waals surface area contributed by atoms with E-state index in [1.165, 1.54) is 0 Å². The van der Waals surface area contributed by atoms with Crippen LogP contribution in [0.5, 0.6) is 0 Å². The third-order valence-corrected chi connectivity index (χ3v) is 3.97. The molecule has 0 aliphatic heterocycles. The first-order valence-corrected chi connectivity index (χ1v) is 7.76. The van der Waals surface area contributed by atoms with Crippen LogP contribution in [0.25, 0.3) is 0 Å². The molecular weight excluding hydrogens is 242 g/mol. The standard InChI is InChI=1S/C15H31NO3/c1-4-18-10-8-16(9-11-19-5-2)14-12-13(3)6-7-15(14)17/h13-15,17H,4-12H2,1-3H3. The van der Waals surface area contributed by atoms with Crippen molar-refractivity contribution in [2.45, 2.75) is 52.2 Å². The fourth-order valence-electron chi connectivity index (χ4n) is 2.82. The molecule has 1 saturated carbocycles. The molecule has 3 unspecified atom stereocenters. The SMILES string of the molecule is CCOCCN(CCOCC)C1CC(C)CCC1O.